The lowest BCUT2D eigenvalue weighted by Gasteiger charge is -2.32. The third-order valence-corrected chi connectivity index (χ3v) is 4.13. The molecule has 1 aromatic rings. The number of piperazine rings is 1. The summed E-state index contributed by atoms with van der Waals surface area (Å²) >= 11 is 0. The topological polar surface area (TPSA) is 77.8 Å². The van der Waals surface area contributed by atoms with Crippen LogP contribution in [0.5, 0.6) is 5.75 Å². The number of hydrogen-bond acceptors (Lipinski definition) is 5. The average Bonchev–Trinajstić information content (AvgIpc) is 2.50. The molecule has 23 heavy (non-hydrogen) atoms. The van der Waals surface area contributed by atoms with E-state index in [0.29, 0.717) is 19.6 Å². The van der Waals surface area contributed by atoms with Crippen molar-refractivity contribution in [3.8, 4) is 5.75 Å². The van der Waals surface area contributed by atoms with Gasteiger partial charge in [0.1, 0.15) is 0 Å². The fraction of sp³-hybridized carbons (Fsp3) is 0.625. The molecule has 128 valence electrons. The normalized spacial score (nSPS) is 16.4. The van der Waals surface area contributed by atoms with Crippen LogP contribution in [-0.2, 0) is 17.9 Å². The van der Waals surface area contributed by atoms with Gasteiger partial charge in [0.15, 0.2) is 5.75 Å². The molecule has 0 unspecified atom stereocenters. The van der Waals surface area contributed by atoms with Crippen molar-refractivity contribution in [3.05, 3.63) is 28.2 Å². The summed E-state index contributed by atoms with van der Waals surface area (Å²) in [6, 6.07) is 1.52. The first-order chi connectivity index (χ1) is 11.0. The van der Waals surface area contributed by atoms with Crippen molar-refractivity contribution in [3.63, 3.8) is 0 Å². The van der Waals surface area contributed by atoms with Gasteiger partial charge in [-0.1, -0.05) is 0 Å². The Morgan fingerprint density at radius 3 is 2.65 bits per heavy atom. The van der Waals surface area contributed by atoms with E-state index in [9.17, 15) is 14.7 Å². The van der Waals surface area contributed by atoms with E-state index in [1.165, 1.54) is 19.2 Å². The summed E-state index contributed by atoms with van der Waals surface area (Å²) in [5.74, 6) is -0.280. The summed E-state index contributed by atoms with van der Waals surface area (Å²) in [4.78, 5) is 27.3. The van der Waals surface area contributed by atoms with Gasteiger partial charge in [-0.2, -0.15) is 0 Å². The molecular formula is C16H26N4O3. The smallest absolute Gasteiger partial charge is 0.223 e. The van der Waals surface area contributed by atoms with Crippen molar-refractivity contribution in [1.29, 1.82) is 0 Å². The Bertz CT molecular complexity index is 591. The Morgan fingerprint density at radius 2 is 2.00 bits per heavy atom. The zero-order valence-electron chi connectivity index (χ0n) is 13.9. The lowest BCUT2D eigenvalue weighted by Crippen LogP contribution is -2.44. The molecule has 1 fully saturated rings. The average molecular weight is 322 g/mol. The first kappa shape index (κ1) is 17.5. The van der Waals surface area contributed by atoms with Crippen molar-refractivity contribution in [2.24, 2.45) is 0 Å². The van der Waals surface area contributed by atoms with Gasteiger partial charge < -0.3 is 19.9 Å². The van der Waals surface area contributed by atoms with E-state index < -0.39 is 0 Å². The van der Waals surface area contributed by atoms with Gasteiger partial charge in [-0.15, -0.1) is 0 Å². The van der Waals surface area contributed by atoms with E-state index >= 15 is 0 Å². The molecule has 7 heteroatoms. The van der Waals surface area contributed by atoms with Gasteiger partial charge in [-0.25, -0.2) is 0 Å². The molecule has 2 rings (SSSR count). The fourth-order valence-corrected chi connectivity index (χ4v) is 2.70. The Morgan fingerprint density at radius 1 is 1.30 bits per heavy atom. The highest BCUT2D eigenvalue weighted by atomic mass is 16.3. The maximum Gasteiger partial charge on any atom is 0.223 e. The zero-order chi connectivity index (χ0) is 16.8. The van der Waals surface area contributed by atoms with E-state index in [1.54, 1.807) is 0 Å². The number of carbonyl (C=O) groups is 1. The van der Waals surface area contributed by atoms with E-state index in [-0.39, 0.29) is 17.1 Å². The lowest BCUT2D eigenvalue weighted by molar-refractivity contribution is -0.118. The molecule has 0 aliphatic carbocycles. The van der Waals surface area contributed by atoms with E-state index in [4.69, 9.17) is 0 Å². The highest BCUT2D eigenvalue weighted by Crippen LogP contribution is 2.11. The Balaban J connectivity index is 2.02. The number of aromatic hydroxyl groups is 1. The number of aryl methyl sites for hydroxylation is 1. The van der Waals surface area contributed by atoms with Gasteiger partial charge in [0.2, 0.25) is 11.3 Å². The molecule has 1 aliphatic heterocycles. The van der Waals surface area contributed by atoms with Crippen LogP contribution in [0.15, 0.2) is 17.1 Å². The number of hydrogen-bond donors (Lipinski definition) is 2. The molecule has 1 aromatic heterocycles. The van der Waals surface area contributed by atoms with Crippen LogP contribution in [-0.4, -0.2) is 65.2 Å². The van der Waals surface area contributed by atoms with Crippen LogP contribution in [0.25, 0.3) is 0 Å². The molecule has 7 nitrogen and oxygen atoms in total. The standard InChI is InChI=1S/C16H26N4O3/c1-13(21)17-4-3-5-20-12-16(23)15(22)10-14(20)11-19-8-6-18(2)7-9-19/h10,12,23H,3-9,11H2,1-2H3,(H,17,21). The zero-order valence-corrected chi connectivity index (χ0v) is 13.9. The molecule has 0 saturated carbocycles. The number of aromatic nitrogens is 1. The highest BCUT2D eigenvalue weighted by Gasteiger charge is 2.16. The number of amides is 1. The van der Waals surface area contributed by atoms with Gasteiger partial charge >= 0.3 is 0 Å². The summed E-state index contributed by atoms with van der Waals surface area (Å²) in [7, 11) is 2.11. The highest BCUT2D eigenvalue weighted by molar-refractivity contribution is 5.72. The molecule has 0 bridgehead atoms. The number of likely N-dealkylation sites (N-methyl/N-ethyl adjacent to an activating group) is 1. The second-order valence-electron chi connectivity index (χ2n) is 6.12. The minimum Gasteiger partial charge on any atom is -0.503 e. The van der Waals surface area contributed by atoms with Gasteiger partial charge in [-0.05, 0) is 13.5 Å². The van der Waals surface area contributed by atoms with Gasteiger partial charge in [-0.3, -0.25) is 14.5 Å². The maximum absolute atomic E-state index is 11.8. The van der Waals surface area contributed by atoms with Crippen LogP contribution in [0.3, 0.4) is 0 Å². The SMILES string of the molecule is CC(=O)NCCCn1cc(O)c(=O)cc1CN1CCN(C)CC1. The van der Waals surface area contributed by atoms with E-state index in [2.05, 4.69) is 22.2 Å². The number of rotatable bonds is 6. The van der Waals surface area contributed by atoms with Crippen LogP contribution in [0.4, 0.5) is 0 Å². The summed E-state index contributed by atoms with van der Waals surface area (Å²) in [6.07, 6.45) is 2.25. The summed E-state index contributed by atoms with van der Waals surface area (Å²) in [5, 5.41) is 12.4. The lowest BCUT2D eigenvalue weighted by atomic mass is 10.2. The van der Waals surface area contributed by atoms with E-state index in [1.807, 2.05) is 4.57 Å². The van der Waals surface area contributed by atoms with Crippen LogP contribution in [0.2, 0.25) is 0 Å². The quantitative estimate of drug-likeness (QED) is 0.711. The van der Waals surface area contributed by atoms with Crippen molar-refractivity contribution < 1.29 is 9.90 Å². The maximum atomic E-state index is 11.8. The molecular weight excluding hydrogens is 296 g/mol. The first-order valence-electron chi connectivity index (χ1n) is 8.03. The molecule has 1 aliphatic rings. The number of carbonyl (C=O) groups excluding carboxylic acids is 1. The monoisotopic (exact) mass is 322 g/mol. The second kappa shape index (κ2) is 8.12. The van der Waals surface area contributed by atoms with Gasteiger partial charge in [0, 0.05) is 64.5 Å². The minimum absolute atomic E-state index is 0.0505. The Hall–Kier alpha value is -1.86. The van der Waals surface area contributed by atoms with Crippen molar-refractivity contribution in [2.75, 3.05) is 39.8 Å². The molecule has 0 atom stereocenters. The Kier molecular flexibility index (Phi) is 6.18. The second-order valence-corrected chi connectivity index (χ2v) is 6.12. The van der Waals surface area contributed by atoms with Gasteiger partial charge in [0.25, 0.3) is 0 Å². The van der Waals surface area contributed by atoms with Crippen LogP contribution in [0, 0.1) is 0 Å². The molecule has 1 saturated heterocycles. The van der Waals surface area contributed by atoms with Crippen LogP contribution in [0.1, 0.15) is 19.0 Å². The van der Waals surface area contributed by atoms with E-state index in [0.717, 1.165) is 38.3 Å². The van der Waals surface area contributed by atoms with Crippen molar-refractivity contribution in [1.82, 2.24) is 19.7 Å². The Labute approximate surface area is 136 Å². The number of nitrogens with zero attached hydrogens (tertiary/aromatic N) is 3. The predicted molar refractivity (Wildman–Crippen MR) is 88.4 cm³/mol. The predicted octanol–water partition coefficient (Wildman–Crippen LogP) is -0.172. The van der Waals surface area contributed by atoms with Crippen LogP contribution >= 0.6 is 0 Å². The largest absolute Gasteiger partial charge is 0.503 e. The first-order valence-corrected chi connectivity index (χ1v) is 8.03. The number of pyridine rings is 1. The summed E-state index contributed by atoms with van der Waals surface area (Å²) in [5.41, 5.74) is 0.562. The fourth-order valence-electron chi connectivity index (χ4n) is 2.70. The molecule has 2 N–H and O–H groups in total. The van der Waals surface area contributed by atoms with Crippen molar-refractivity contribution in [2.45, 2.75) is 26.4 Å². The van der Waals surface area contributed by atoms with Crippen molar-refractivity contribution >= 4 is 5.91 Å². The summed E-state index contributed by atoms with van der Waals surface area (Å²) in [6.45, 7) is 7.39. The summed E-state index contributed by atoms with van der Waals surface area (Å²) < 4.78 is 1.91. The molecule has 0 spiro atoms. The van der Waals surface area contributed by atoms with Gasteiger partial charge in [0.05, 0.1) is 6.20 Å². The molecule has 0 radical (unpaired) electrons. The third kappa shape index (κ3) is 5.37. The minimum atomic E-state index is -0.341. The van der Waals surface area contributed by atoms with Crippen LogP contribution < -0.4 is 10.7 Å². The molecule has 1 amide bonds. The third-order valence-electron chi connectivity index (χ3n) is 4.13. The molecule has 2 heterocycles. The molecule has 0 aromatic carbocycles. The number of nitrogens with one attached hydrogen (secondary N) is 1.